The minimum atomic E-state index is 0.404. The molecule has 0 unspecified atom stereocenters. The second-order valence-corrected chi connectivity index (χ2v) is 13.6. The van der Waals surface area contributed by atoms with Crippen molar-refractivity contribution in [2.24, 2.45) is 21.7 Å². The van der Waals surface area contributed by atoms with Crippen molar-refractivity contribution in [3.63, 3.8) is 0 Å². The number of rotatable bonds is 10. The van der Waals surface area contributed by atoms with Crippen LogP contribution in [0.15, 0.2) is 0 Å². The lowest BCUT2D eigenvalue weighted by Gasteiger charge is -2.36. The van der Waals surface area contributed by atoms with Gasteiger partial charge in [0.1, 0.15) is 0 Å². The highest BCUT2D eigenvalue weighted by molar-refractivity contribution is 4.74. The number of hydrogen-bond acceptors (Lipinski definition) is 2. The highest BCUT2D eigenvalue weighted by Crippen LogP contribution is 2.24. The van der Waals surface area contributed by atoms with Crippen LogP contribution >= 0.6 is 0 Å². The fraction of sp³-hybridized carbons (Fsp3) is 1.00. The largest absolute Gasteiger partial charge is 0.290 e. The van der Waals surface area contributed by atoms with Crippen molar-refractivity contribution in [2.75, 3.05) is 32.8 Å². The summed E-state index contributed by atoms with van der Waals surface area (Å²) in [5.74, 6) is 0. The number of hydrogen-bond donors (Lipinski definition) is 0. The molecule has 0 saturated heterocycles. The third-order valence-corrected chi connectivity index (χ3v) is 5.11. The molecule has 0 radical (unpaired) electrons. The molecule has 0 saturated carbocycles. The van der Waals surface area contributed by atoms with Crippen molar-refractivity contribution in [1.82, 2.24) is 9.80 Å². The van der Waals surface area contributed by atoms with Gasteiger partial charge in [-0.25, -0.2) is 0 Å². The van der Waals surface area contributed by atoms with E-state index in [0.717, 1.165) is 6.67 Å². The van der Waals surface area contributed by atoms with Crippen LogP contribution in [0, 0.1) is 21.7 Å². The molecule has 0 N–H and O–H groups in total. The second kappa shape index (κ2) is 10.6. The molecule has 2 nitrogen and oxygen atoms in total. The van der Waals surface area contributed by atoms with E-state index in [9.17, 15) is 0 Å². The van der Waals surface area contributed by atoms with Gasteiger partial charge in [-0.3, -0.25) is 9.80 Å². The Labute approximate surface area is 173 Å². The van der Waals surface area contributed by atoms with Gasteiger partial charge in [-0.1, -0.05) is 83.1 Å². The molecule has 0 fully saturated rings. The van der Waals surface area contributed by atoms with Gasteiger partial charge >= 0.3 is 0 Å². The highest BCUT2D eigenvalue weighted by Gasteiger charge is 2.21. The van der Waals surface area contributed by atoms with Gasteiger partial charge in [-0.2, -0.15) is 0 Å². The van der Waals surface area contributed by atoms with Gasteiger partial charge in [0.05, 0.1) is 6.67 Å². The van der Waals surface area contributed by atoms with Crippen molar-refractivity contribution in [3.8, 4) is 0 Å². The topological polar surface area (TPSA) is 6.48 Å². The van der Waals surface area contributed by atoms with Crippen molar-refractivity contribution in [3.05, 3.63) is 0 Å². The Bertz CT molecular complexity index is 311. The molecule has 0 bridgehead atoms. The standard InChI is InChI=1S/C25H54N2/c1-22(2,3)13-17-26(18-14-23(4,5)6)21-27(19-15-24(7,8)9)20-16-25(10,11)12/h13-21H2,1-12H3. The Morgan fingerprint density at radius 1 is 0.370 bits per heavy atom. The Kier molecular flexibility index (Phi) is 10.6. The molecule has 0 rings (SSSR count). The minimum absolute atomic E-state index is 0.404. The van der Waals surface area contributed by atoms with Gasteiger partial charge < -0.3 is 0 Å². The van der Waals surface area contributed by atoms with Gasteiger partial charge in [-0.05, 0) is 73.5 Å². The van der Waals surface area contributed by atoms with E-state index in [0.29, 0.717) is 21.7 Å². The van der Waals surface area contributed by atoms with Gasteiger partial charge in [-0.15, -0.1) is 0 Å². The zero-order valence-electron chi connectivity index (χ0n) is 21.3. The molecule has 0 amide bonds. The molecule has 0 aromatic carbocycles. The smallest absolute Gasteiger partial charge is 0.0506 e. The maximum atomic E-state index is 2.72. The van der Waals surface area contributed by atoms with Crippen LogP contribution in [0.4, 0.5) is 0 Å². The fourth-order valence-corrected chi connectivity index (χ4v) is 2.76. The zero-order chi connectivity index (χ0) is 21.5. The molecular formula is C25H54N2. The summed E-state index contributed by atoms with van der Waals surface area (Å²) >= 11 is 0. The van der Waals surface area contributed by atoms with E-state index in [2.05, 4.69) is 92.9 Å². The van der Waals surface area contributed by atoms with E-state index in [1.165, 1.54) is 51.9 Å². The molecule has 0 heterocycles. The monoisotopic (exact) mass is 382 g/mol. The summed E-state index contributed by atoms with van der Waals surface area (Å²) in [5, 5.41) is 0. The van der Waals surface area contributed by atoms with E-state index in [1.807, 2.05) is 0 Å². The normalized spacial score (nSPS) is 14.4. The van der Waals surface area contributed by atoms with Crippen LogP contribution in [-0.2, 0) is 0 Å². The lowest BCUT2D eigenvalue weighted by atomic mass is 9.90. The summed E-state index contributed by atoms with van der Waals surface area (Å²) in [6.45, 7) is 34.4. The summed E-state index contributed by atoms with van der Waals surface area (Å²) in [4.78, 5) is 5.45. The zero-order valence-corrected chi connectivity index (χ0v) is 21.3. The van der Waals surface area contributed by atoms with Crippen LogP contribution in [0.5, 0.6) is 0 Å². The maximum absolute atomic E-state index is 2.72. The van der Waals surface area contributed by atoms with Crippen molar-refractivity contribution >= 4 is 0 Å². The summed E-state index contributed by atoms with van der Waals surface area (Å²) in [5.41, 5.74) is 1.62. The average molecular weight is 383 g/mol. The van der Waals surface area contributed by atoms with Gasteiger partial charge in [0.2, 0.25) is 0 Å². The molecule has 0 aliphatic carbocycles. The molecule has 0 aromatic rings. The van der Waals surface area contributed by atoms with Crippen LogP contribution in [0.3, 0.4) is 0 Å². The molecule has 2 heteroatoms. The maximum Gasteiger partial charge on any atom is 0.0506 e. The van der Waals surface area contributed by atoms with Crippen molar-refractivity contribution < 1.29 is 0 Å². The van der Waals surface area contributed by atoms with Crippen LogP contribution in [0.1, 0.15) is 109 Å². The van der Waals surface area contributed by atoms with E-state index >= 15 is 0 Å². The van der Waals surface area contributed by atoms with E-state index in [1.54, 1.807) is 0 Å². The van der Waals surface area contributed by atoms with Gasteiger partial charge in [0, 0.05) is 0 Å². The predicted molar refractivity (Wildman–Crippen MR) is 124 cm³/mol. The summed E-state index contributed by atoms with van der Waals surface area (Å²) in [7, 11) is 0. The minimum Gasteiger partial charge on any atom is -0.290 e. The average Bonchev–Trinajstić information content (AvgIpc) is 2.40. The Hall–Kier alpha value is -0.0800. The lowest BCUT2D eigenvalue weighted by molar-refractivity contribution is 0.0900. The summed E-state index contributed by atoms with van der Waals surface area (Å²) in [6.07, 6.45) is 5.07. The van der Waals surface area contributed by atoms with Gasteiger partial charge in [0.25, 0.3) is 0 Å². The summed E-state index contributed by atoms with van der Waals surface area (Å²) < 4.78 is 0. The second-order valence-electron chi connectivity index (χ2n) is 13.6. The highest BCUT2D eigenvalue weighted by atomic mass is 15.3. The summed E-state index contributed by atoms with van der Waals surface area (Å²) in [6, 6.07) is 0. The Morgan fingerprint density at radius 3 is 0.704 bits per heavy atom. The molecule has 0 aliphatic rings. The van der Waals surface area contributed by atoms with Crippen LogP contribution in [0.25, 0.3) is 0 Å². The van der Waals surface area contributed by atoms with E-state index in [4.69, 9.17) is 0 Å². The Balaban J connectivity index is 5.03. The SMILES string of the molecule is CC(C)(C)CCN(CCC(C)(C)C)CN(CCC(C)(C)C)CCC(C)(C)C. The first kappa shape index (κ1) is 26.9. The third kappa shape index (κ3) is 19.0. The molecule has 0 aliphatic heterocycles. The van der Waals surface area contributed by atoms with Gasteiger partial charge in [0.15, 0.2) is 0 Å². The lowest BCUT2D eigenvalue weighted by Crippen LogP contribution is -2.42. The quantitative estimate of drug-likeness (QED) is 0.366. The molecule has 0 spiro atoms. The number of nitrogens with zero attached hydrogens (tertiary/aromatic N) is 2. The van der Waals surface area contributed by atoms with Crippen LogP contribution in [-0.4, -0.2) is 42.6 Å². The van der Waals surface area contributed by atoms with Crippen LogP contribution < -0.4 is 0 Å². The Morgan fingerprint density at radius 2 is 0.556 bits per heavy atom. The molecule has 164 valence electrons. The van der Waals surface area contributed by atoms with E-state index in [-0.39, 0.29) is 0 Å². The molecular weight excluding hydrogens is 328 g/mol. The van der Waals surface area contributed by atoms with E-state index < -0.39 is 0 Å². The third-order valence-electron chi connectivity index (χ3n) is 5.11. The predicted octanol–water partition coefficient (Wildman–Crippen LogP) is 7.29. The first-order valence-corrected chi connectivity index (χ1v) is 11.3. The molecule has 27 heavy (non-hydrogen) atoms. The van der Waals surface area contributed by atoms with Crippen LogP contribution in [0.2, 0.25) is 0 Å². The molecule has 0 atom stereocenters. The first-order valence-electron chi connectivity index (χ1n) is 11.3. The first-order chi connectivity index (χ1) is 11.9. The van der Waals surface area contributed by atoms with Crippen molar-refractivity contribution in [2.45, 2.75) is 109 Å². The van der Waals surface area contributed by atoms with Crippen molar-refractivity contribution in [1.29, 1.82) is 0 Å². The molecule has 0 aromatic heterocycles. The fourth-order valence-electron chi connectivity index (χ4n) is 2.76.